The molecule has 19 heavy (non-hydrogen) atoms. The van der Waals surface area contributed by atoms with Crippen LogP contribution in [0.15, 0.2) is 18.2 Å². The largest absolute Gasteiger partial charge is 0.388 e. The molecule has 0 unspecified atom stereocenters. The molecule has 0 aromatic heterocycles. The van der Waals surface area contributed by atoms with Crippen molar-refractivity contribution in [3.05, 3.63) is 35.4 Å². The average molecular weight is 270 g/mol. The molecule has 0 radical (unpaired) electrons. The Morgan fingerprint density at radius 1 is 1.32 bits per heavy atom. The smallest absolute Gasteiger partial charge is 0.253 e. The molecular formula is C13H16F2N2O2. The predicted molar refractivity (Wildman–Crippen MR) is 65.5 cm³/mol. The van der Waals surface area contributed by atoms with Gasteiger partial charge in [0.1, 0.15) is 0 Å². The molecule has 2 rings (SSSR count). The Morgan fingerprint density at radius 3 is 2.47 bits per heavy atom. The van der Waals surface area contributed by atoms with Crippen molar-refractivity contribution in [3.8, 4) is 0 Å². The van der Waals surface area contributed by atoms with Gasteiger partial charge in [0.25, 0.3) is 5.91 Å². The molecule has 1 aromatic rings. The van der Waals surface area contributed by atoms with Gasteiger partial charge in [0, 0.05) is 25.2 Å². The van der Waals surface area contributed by atoms with Crippen molar-refractivity contribution in [1.29, 1.82) is 0 Å². The van der Waals surface area contributed by atoms with Crippen LogP contribution in [0.3, 0.4) is 0 Å². The van der Waals surface area contributed by atoms with Crippen LogP contribution >= 0.6 is 0 Å². The number of halogens is 2. The van der Waals surface area contributed by atoms with Gasteiger partial charge in [-0.2, -0.15) is 0 Å². The van der Waals surface area contributed by atoms with Gasteiger partial charge in [-0.05, 0) is 31.0 Å². The fraction of sp³-hybridized carbons (Fsp3) is 0.462. The number of amides is 1. The molecule has 1 heterocycles. The number of hydrogen-bond acceptors (Lipinski definition) is 3. The number of hydrogen-bond donors (Lipinski definition) is 2. The van der Waals surface area contributed by atoms with E-state index >= 15 is 0 Å². The maximum absolute atomic E-state index is 13.1. The molecule has 1 fully saturated rings. The second-order valence-electron chi connectivity index (χ2n) is 4.85. The Balaban J connectivity index is 2.07. The summed E-state index contributed by atoms with van der Waals surface area (Å²) >= 11 is 0. The third kappa shape index (κ3) is 2.90. The third-order valence-corrected chi connectivity index (χ3v) is 3.53. The minimum absolute atomic E-state index is 0.108. The first-order valence-corrected chi connectivity index (χ1v) is 6.12. The summed E-state index contributed by atoms with van der Waals surface area (Å²) in [5, 5.41) is 9.96. The van der Waals surface area contributed by atoms with Crippen LogP contribution in [0, 0.1) is 11.6 Å². The van der Waals surface area contributed by atoms with E-state index in [0.29, 0.717) is 25.9 Å². The zero-order valence-corrected chi connectivity index (χ0v) is 10.4. The first-order valence-electron chi connectivity index (χ1n) is 6.12. The lowest BCUT2D eigenvalue weighted by Crippen LogP contribution is -2.50. The summed E-state index contributed by atoms with van der Waals surface area (Å²) in [6.07, 6.45) is 0.776. The highest BCUT2D eigenvalue weighted by atomic mass is 19.2. The number of likely N-dealkylation sites (tertiary alicyclic amines) is 1. The molecule has 0 aliphatic carbocycles. The van der Waals surface area contributed by atoms with Crippen LogP contribution in [-0.4, -0.2) is 41.1 Å². The van der Waals surface area contributed by atoms with E-state index in [4.69, 9.17) is 5.73 Å². The molecule has 0 bridgehead atoms. The van der Waals surface area contributed by atoms with Crippen LogP contribution in [0.1, 0.15) is 23.2 Å². The van der Waals surface area contributed by atoms with E-state index < -0.39 is 17.2 Å². The summed E-state index contributed by atoms with van der Waals surface area (Å²) in [6, 6.07) is 3.08. The molecule has 1 aliphatic rings. The fourth-order valence-electron chi connectivity index (χ4n) is 2.14. The Kier molecular flexibility index (Phi) is 3.82. The first kappa shape index (κ1) is 13.9. The van der Waals surface area contributed by atoms with Crippen LogP contribution in [0.4, 0.5) is 8.78 Å². The number of rotatable bonds is 2. The minimum Gasteiger partial charge on any atom is -0.388 e. The highest BCUT2D eigenvalue weighted by Gasteiger charge is 2.32. The van der Waals surface area contributed by atoms with Crippen LogP contribution in [-0.2, 0) is 0 Å². The lowest BCUT2D eigenvalue weighted by atomic mass is 9.91. The molecule has 1 aliphatic heterocycles. The normalized spacial score (nSPS) is 18.4. The third-order valence-electron chi connectivity index (χ3n) is 3.53. The number of piperidine rings is 1. The minimum atomic E-state index is -1.04. The van der Waals surface area contributed by atoms with Gasteiger partial charge in [0.05, 0.1) is 5.60 Å². The van der Waals surface area contributed by atoms with E-state index in [1.54, 1.807) is 0 Å². The topological polar surface area (TPSA) is 66.6 Å². The lowest BCUT2D eigenvalue weighted by molar-refractivity contribution is -0.00952. The van der Waals surface area contributed by atoms with Crippen molar-refractivity contribution in [2.75, 3.05) is 19.6 Å². The average Bonchev–Trinajstić information content (AvgIpc) is 2.42. The summed E-state index contributed by atoms with van der Waals surface area (Å²) in [5.41, 5.74) is 4.64. The maximum Gasteiger partial charge on any atom is 0.253 e. The second kappa shape index (κ2) is 5.22. The summed E-state index contributed by atoms with van der Waals surface area (Å²) in [7, 11) is 0. The molecule has 0 saturated carbocycles. The van der Waals surface area contributed by atoms with Crippen LogP contribution in [0.2, 0.25) is 0 Å². The van der Waals surface area contributed by atoms with Crippen molar-refractivity contribution in [1.82, 2.24) is 4.90 Å². The van der Waals surface area contributed by atoms with E-state index in [1.807, 2.05) is 0 Å². The van der Waals surface area contributed by atoms with E-state index in [-0.39, 0.29) is 18.0 Å². The molecular weight excluding hydrogens is 254 g/mol. The predicted octanol–water partition coefficient (Wildman–Crippen LogP) is 0.891. The molecule has 0 spiro atoms. The molecule has 1 amide bonds. The van der Waals surface area contributed by atoms with Crippen molar-refractivity contribution < 1.29 is 18.7 Å². The fourth-order valence-corrected chi connectivity index (χ4v) is 2.14. The van der Waals surface area contributed by atoms with Crippen LogP contribution in [0.25, 0.3) is 0 Å². The molecule has 104 valence electrons. The van der Waals surface area contributed by atoms with E-state index in [2.05, 4.69) is 0 Å². The van der Waals surface area contributed by atoms with Crippen LogP contribution < -0.4 is 5.73 Å². The Bertz CT molecular complexity index is 486. The molecule has 6 heteroatoms. The quantitative estimate of drug-likeness (QED) is 0.838. The van der Waals surface area contributed by atoms with Crippen molar-refractivity contribution >= 4 is 5.91 Å². The molecule has 1 aromatic carbocycles. The van der Waals surface area contributed by atoms with Gasteiger partial charge in [-0.25, -0.2) is 8.78 Å². The van der Waals surface area contributed by atoms with Gasteiger partial charge in [0.15, 0.2) is 11.6 Å². The number of nitrogens with two attached hydrogens (primary N) is 1. The first-order chi connectivity index (χ1) is 8.95. The zero-order chi connectivity index (χ0) is 14.0. The van der Waals surface area contributed by atoms with E-state index in [9.17, 15) is 18.7 Å². The van der Waals surface area contributed by atoms with Crippen molar-refractivity contribution in [2.45, 2.75) is 18.4 Å². The maximum atomic E-state index is 13.1. The highest BCUT2D eigenvalue weighted by Crippen LogP contribution is 2.22. The van der Waals surface area contributed by atoms with Gasteiger partial charge in [-0.1, -0.05) is 0 Å². The summed E-state index contributed by atoms with van der Waals surface area (Å²) in [4.78, 5) is 13.6. The summed E-state index contributed by atoms with van der Waals surface area (Å²) < 4.78 is 25.9. The molecule has 3 N–H and O–H groups in total. The van der Waals surface area contributed by atoms with E-state index in [0.717, 1.165) is 12.1 Å². The Hall–Kier alpha value is -1.53. The number of aliphatic hydroxyl groups is 1. The van der Waals surface area contributed by atoms with E-state index in [1.165, 1.54) is 11.0 Å². The van der Waals surface area contributed by atoms with Gasteiger partial charge >= 0.3 is 0 Å². The Labute approximate surface area is 109 Å². The van der Waals surface area contributed by atoms with Gasteiger partial charge in [0.2, 0.25) is 0 Å². The molecule has 1 saturated heterocycles. The van der Waals surface area contributed by atoms with Crippen molar-refractivity contribution in [2.24, 2.45) is 5.73 Å². The lowest BCUT2D eigenvalue weighted by Gasteiger charge is -2.37. The SMILES string of the molecule is NCC1(O)CCN(C(=O)c2ccc(F)c(F)c2)CC1. The summed E-state index contributed by atoms with van der Waals surface area (Å²) in [6.45, 7) is 0.858. The standard InChI is InChI=1S/C13H16F2N2O2/c14-10-2-1-9(7-11(10)15)12(18)17-5-3-13(19,8-16)4-6-17/h1-2,7,19H,3-6,8,16H2. The van der Waals surface area contributed by atoms with Crippen molar-refractivity contribution in [3.63, 3.8) is 0 Å². The van der Waals surface area contributed by atoms with Gasteiger partial charge in [-0.3, -0.25) is 4.79 Å². The second-order valence-corrected chi connectivity index (χ2v) is 4.85. The highest BCUT2D eigenvalue weighted by molar-refractivity contribution is 5.94. The number of benzene rings is 1. The van der Waals surface area contributed by atoms with Gasteiger partial charge < -0.3 is 15.7 Å². The summed E-state index contributed by atoms with van der Waals surface area (Å²) in [5.74, 6) is -2.38. The molecule has 0 atom stereocenters. The molecule has 4 nitrogen and oxygen atoms in total. The zero-order valence-electron chi connectivity index (χ0n) is 10.4. The Morgan fingerprint density at radius 2 is 1.95 bits per heavy atom. The number of carbonyl (C=O) groups excluding carboxylic acids is 1. The number of carbonyl (C=O) groups is 1. The van der Waals surface area contributed by atoms with Gasteiger partial charge in [-0.15, -0.1) is 0 Å². The van der Waals surface area contributed by atoms with Crippen LogP contribution in [0.5, 0.6) is 0 Å². The number of nitrogens with zero attached hydrogens (tertiary/aromatic N) is 1. The monoisotopic (exact) mass is 270 g/mol.